The van der Waals surface area contributed by atoms with Crippen LogP contribution in [0.3, 0.4) is 0 Å². The molecule has 1 unspecified atom stereocenters. The molecule has 0 saturated carbocycles. The van der Waals surface area contributed by atoms with E-state index in [1.807, 2.05) is 0 Å². The molecule has 1 atom stereocenters. The molecule has 0 nitrogen and oxygen atoms in total. The molecule has 0 aromatic rings. The average molecular weight is 169 g/mol. The second-order valence-corrected chi connectivity index (χ2v) is 4.67. The minimum atomic E-state index is 0.858. The maximum absolute atomic E-state index is 2.37. The highest BCUT2D eigenvalue weighted by atomic mass is 14.1. The van der Waals surface area contributed by atoms with Crippen LogP contribution >= 0.6 is 0 Å². The van der Waals surface area contributed by atoms with E-state index in [1.54, 1.807) is 5.92 Å². The van der Waals surface area contributed by atoms with Crippen molar-refractivity contribution in [2.45, 2.75) is 60.3 Å². The van der Waals surface area contributed by atoms with Crippen molar-refractivity contribution in [2.24, 2.45) is 11.8 Å². The molecule has 12 heavy (non-hydrogen) atoms. The van der Waals surface area contributed by atoms with Gasteiger partial charge in [0.2, 0.25) is 0 Å². The Morgan fingerprint density at radius 3 is 2.00 bits per heavy atom. The van der Waals surface area contributed by atoms with Crippen molar-refractivity contribution < 1.29 is 0 Å². The highest BCUT2D eigenvalue weighted by Crippen LogP contribution is 2.19. The van der Waals surface area contributed by atoms with Gasteiger partial charge in [0.25, 0.3) is 0 Å². The molecular weight excluding hydrogens is 144 g/mol. The Morgan fingerprint density at radius 2 is 1.58 bits per heavy atom. The van der Waals surface area contributed by atoms with E-state index in [9.17, 15) is 0 Å². The predicted molar refractivity (Wildman–Crippen MR) is 57.1 cm³/mol. The molecule has 0 heterocycles. The standard InChI is InChI=1S/C12H25/c1-10(2)8-6-7-9-12(5)11(3)4/h11-12H,6-9H2,1-5H3. The SMILES string of the molecule is C[C](C)CCCCC(C)C(C)C. The third-order valence-corrected chi connectivity index (χ3v) is 2.72. The lowest BCUT2D eigenvalue weighted by Gasteiger charge is -2.15. The Hall–Kier alpha value is 0. The minimum Gasteiger partial charge on any atom is -0.0625 e. The third kappa shape index (κ3) is 6.69. The van der Waals surface area contributed by atoms with Gasteiger partial charge in [0.05, 0.1) is 0 Å². The molecule has 0 aliphatic heterocycles. The van der Waals surface area contributed by atoms with Crippen LogP contribution in [0.2, 0.25) is 0 Å². The van der Waals surface area contributed by atoms with Crippen LogP contribution in [-0.2, 0) is 0 Å². The van der Waals surface area contributed by atoms with Gasteiger partial charge in [-0.3, -0.25) is 0 Å². The van der Waals surface area contributed by atoms with E-state index in [0.717, 1.165) is 11.8 Å². The molecule has 0 spiro atoms. The van der Waals surface area contributed by atoms with Crippen LogP contribution < -0.4 is 0 Å². The zero-order valence-corrected chi connectivity index (χ0v) is 9.48. The van der Waals surface area contributed by atoms with Gasteiger partial charge < -0.3 is 0 Å². The van der Waals surface area contributed by atoms with Gasteiger partial charge in [-0.05, 0) is 24.2 Å². The molecule has 0 bridgehead atoms. The lowest BCUT2D eigenvalue weighted by Crippen LogP contribution is -2.03. The zero-order chi connectivity index (χ0) is 9.56. The van der Waals surface area contributed by atoms with E-state index in [4.69, 9.17) is 0 Å². The first-order chi connectivity index (χ1) is 5.54. The molecule has 0 N–H and O–H groups in total. The van der Waals surface area contributed by atoms with Gasteiger partial charge in [0, 0.05) is 0 Å². The van der Waals surface area contributed by atoms with E-state index >= 15 is 0 Å². The normalized spacial score (nSPS) is 14.2. The Balaban J connectivity index is 3.20. The molecule has 0 aromatic heterocycles. The Morgan fingerprint density at radius 1 is 1.00 bits per heavy atom. The van der Waals surface area contributed by atoms with E-state index in [2.05, 4.69) is 34.6 Å². The molecule has 0 rings (SSSR count). The summed E-state index contributed by atoms with van der Waals surface area (Å²) in [6.07, 6.45) is 5.53. The van der Waals surface area contributed by atoms with Crippen molar-refractivity contribution in [3.05, 3.63) is 5.92 Å². The second-order valence-electron chi connectivity index (χ2n) is 4.67. The fraction of sp³-hybridized carbons (Fsp3) is 0.917. The smallest absolute Gasteiger partial charge is 0.0303 e. The summed E-state index contributed by atoms with van der Waals surface area (Å²) in [5.74, 6) is 3.34. The van der Waals surface area contributed by atoms with Gasteiger partial charge in [0.15, 0.2) is 0 Å². The van der Waals surface area contributed by atoms with Gasteiger partial charge in [-0.1, -0.05) is 53.9 Å². The van der Waals surface area contributed by atoms with Crippen LogP contribution in [0.15, 0.2) is 0 Å². The molecule has 0 saturated heterocycles. The summed E-state index contributed by atoms with van der Waals surface area (Å²) in [6, 6.07) is 0. The predicted octanol–water partition coefficient (Wildman–Crippen LogP) is 4.45. The molecule has 0 aromatic carbocycles. The molecule has 0 heteroatoms. The van der Waals surface area contributed by atoms with Gasteiger partial charge in [0.1, 0.15) is 0 Å². The van der Waals surface area contributed by atoms with E-state index in [1.165, 1.54) is 25.7 Å². The molecule has 0 aliphatic carbocycles. The molecule has 73 valence electrons. The number of rotatable bonds is 6. The van der Waals surface area contributed by atoms with Crippen LogP contribution in [-0.4, -0.2) is 0 Å². The summed E-state index contributed by atoms with van der Waals surface area (Å²) in [7, 11) is 0. The summed E-state index contributed by atoms with van der Waals surface area (Å²) < 4.78 is 0. The van der Waals surface area contributed by atoms with E-state index in [-0.39, 0.29) is 0 Å². The van der Waals surface area contributed by atoms with Gasteiger partial charge >= 0.3 is 0 Å². The minimum absolute atomic E-state index is 0.858. The van der Waals surface area contributed by atoms with E-state index in [0.29, 0.717) is 0 Å². The van der Waals surface area contributed by atoms with Crippen molar-refractivity contribution >= 4 is 0 Å². The van der Waals surface area contributed by atoms with Gasteiger partial charge in [-0.25, -0.2) is 0 Å². The number of hydrogen-bond donors (Lipinski definition) is 0. The first-order valence-electron chi connectivity index (χ1n) is 5.33. The largest absolute Gasteiger partial charge is 0.0625 e. The molecule has 0 fully saturated rings. The van der Waals surface area contributed by atoms with Crippen molar-refractivity contribution in [1.29, 1.82) is 0 Å². The zero-order valence-electron chi connectivity index (χ0n) is 9.48. The van der Waals surface area contributed by atoms with Crippen LogP contribution in [0.25, 0.3) is 0 Å². The average Bonchev–Trinajstić information content (AvgIpc) is 1.97. The second kappa shape index (κ2) is 6.51. The molecule has 1 radical (unpaired) electrons. The molecule has 0 amide bonds. The van der Waals surface area contributed by atoms with Crippen LogP contribution in [0.1, 0.15) is 60.3 Å². The summed E-state index contributed by atoms with van der Waals surface area (Å²) in [5, 5.41) is 0. The fourth-order valence-corrected chi connectivity index (χ4v) is 1.28. The van der Waals surface area contributed by atoms with Crippen LogP contribution in [0.4, 0.5) is 0 Å². The van der Waals surface area contributed by atoms with Crippen molar-refractivity contribution in [1.82, 2.24) is 0 Å². The fourth-order valence-electron chi connectivity index (χ4n) is 1.28. The lowest BCUT2D eigenvalue weighted by molar-refractivity contribution is 0.377. The summed E-state index contributed by atoms with van der Waals surface area (Å²) in [4.78, 5) is 0. The topological polar surface area (TPSA) is 0 Å². The summed E-state index contributed by atoms with van der Waals surface area (Å²) >= 11 is 0. The maximum atomic E-state index is 2.37. The monoisotopic (exact) mass is 169 g/mol. The highest BCUT2D eigenvalue weighted by Gasteiger charge is 2.06. The van der Waals surface area contributed by atoms with Crippen LogP contribution in [0.5, 0.6) is 0 Å². The highest BCUT2D eigenvalue weighted by molar-refractivity contribution is 4.75. The Kier molecular flexibility index (Phi) is 6.51. The summed E-state index contributed by atoms with van der Waals surface area (Å²) in [5.41, 5.74) is 0. The number of hydrogen-bond acceptors (Lipinski definition) is 0. The van der Waals surface area contributed by atoms with Crippen molar-refractivity contribution in [3.63, 3.8) is 0 Å². The number of unbranched alkanes of at least 4 members (excludes halogenated alkanes) is 1. The lowest BCUT2D eigenvalue weighted by atomic mass is 9.91. The van der Waals surface area contributed by atoms with E-state index < -0.39 is 0 Å². The Labute approximate surface area is 78.8 Å². The van der Waals surface area contributed by atoms with Gasteiger partial charge in [-0.15, -0.1) is 0 Å². The first kappa shape index (κ1) is 12.0. The summed E-state index contributed by atoms with van der Waals surface area (Å²) in [6.45, 7) is 11.5. The third-order valence-electron chi connectivity index (χ3n) is 2.72. The van der Waals surface area contributed by atoms with Crippen LogP contribution in [0, 0.1) is 17.8 Å². The molecule has 0 aliphatic rings. The maximum Gasteiger partial charge on any atom is -0.0303 e. The molecular formula is C12H25. The first-order valence-corrected chi connectivity index (χ1v) is 5.33. The Bertz CT molecular complexity index is 92.2. The van der Waals surface area contributed by atoms with Gasteiger partial charge in [-0.2, -0.15) is 0 Å². The van der Waals surface area contributed by atoms with Crippen molar-refractivity contribution in [3.8, 4) is 0 Å². The van der Waals surface area contributed by atoms with Crippen molar-refractivity contribution in [2.75, 3.05) is 0 Å². The quantitative estimate of drug-likeness (QED) is 0.515.